The lowest BCUT2D eigenvalue weighted by Gasteiger charge is -2.18. The summed E-state index contributed by atoms with van der Waals surface area (Å²) in [6, 6.07) is 7.98. The van der Waals surface area contributed by atoms with Gasteiger partial charge in [-0.25, -0.2) is 4.79 Å². The minimum Gasteiger partial charge on any atom is -0.441 e. The van der Waals surface area contributed by atoms with E-state index in [-0.39, 0.29) is 24.4 Å². The van der Waals surface area contributed by atoms with Crippen LogP contribution in [0.1, 0.15) is 45.6 Å². The zero-order chi connectivity index (χ0) is 19.4. The zero-order valence-electron chi connectivity index (χ0n) is 16.7. The third-order valence-corrected chi connectivity index (χ3v) is 5.22. The monoisotopic (exact) mass is 376 g/mol. The first kappa shape index (κ1) is 20.1. The summed E-state index contributed by atoms with van der Waals surface area (Å²) in [4.78, 5) is 12.2. The summed E-state index contributed by atoms with van der Waals surface area (Å²) in [7, 11) is 0. The van der Waals surface area contributed by atoms with Crippen molar-refractivity contribution in [3.63, 3.8) is 0 Å². The highest BCUT2D eigenvalue weighted by Gasteiger charge is 2.49. The fourth-order valence-electron chi connectivity index (χ4n) is 3.53. The Hall–Kier alpha value is -1.63. The molecule has 2 saturated heterocycles. The SMILES string of the molecule is CC(C)CCN[C@@H]1CO[C@@H]2[C@@H]1OC[C@H]2OC(=O)Nc1ccc(C(C)C)cc1. The summed E-state index contributed by atoms with van der Waals surface area (Å²) in [6.07, 6.45) is 0.0188. The largest absolute Gasteiger partial charge is 0.441 e. The van der Waals surface area contributed by atoms with Gasteiger partial charge < -0.3 is 19.5 Å². The van der Waals surface area contributed by atoms with Gasteiger partial charge in [-0.2, -0.15) is 0 Å². The average molecular weight is 376 g/mol. The molecule has 0 bridgehead atoms. The van der Waals surface area contributed by atoms with Gasteiger partial charge in [0.2, 0.25) is 0 Å². The fraction of sp³-hybridized carbons (Fsp3) is 0.667. The normalized spacial score (nSPS) is 27.2. The molecule has 0 unspecified atom stereocenters. The van der Waals surface area contributed by atoms with Crippen LogP contribution >= 0.6 is 0 Å². The molecule has 1 aromatic rings. The molecule has 0 saturated carbocycles. The topological polar surface area (TPSA) is 68.8 Å². The van der Waals surface area contributed by atoms with Crippen LogP contribution in [0.5, 0.6) is 0 Å². The lowest BCUT2D eigenvalue weighted by Crippen LogP contribution is -2.42. The van der Waals surface area contributed by atoms with Crippen LogP contribution in [0, 0.1) is 5.92 Å². The maximum atomic E-state index is 12.2. The van der Waals surface area contributed by atoms with E-state index in [1.807, 2.05) is 24.3 Å². The van der Waals surface area contributed by atoms with Gasteiger partial charge >= 0.3 is 6.09 Å². The molecule has 0 aromatic heterocycles. The summed E-state index contributed by atoms with van der Waals surface area (Å²) in [6.45, 7) is 10.6. The summed E-state index contributed by atoms with van der Waals surface area (Å²) < 4.78 is 17.3. The summed E-state index contributed by atoms with van der Waals surface area (Å²) >= 11 is 0. The second-order valence-electron chi connectivity index (χ2n) is 8.18. The van der Waals surface area contributed by atoms with E-state index in [1.54, 1.807) is 0 Å². The summed E-state index contributed by atoms with van der Waals surface area (Å²) in [5, 5.41) is 6.29. The van der Waals surface area contributed by atoms with Crippen molar-refractivity contribution in [2.45, 2.75) is 64.4 Å². The van der Waals surface area contributed by atoms with Crippen molar-refractivity contribution in [3.05, 3.63) is 29.8 Å². The predicted octanol–water partition coefficient (Wildman–Crippen LogP) is 3.53. The number of carbonyl (C=O) groups excluding carboxylic acids is 1. The first-order chi connectivity index (χ1) is 12.9. The van der Waals surface area contributed by atoms with E-state index < -0.39 is 6.09 Å². The highest BCUT2D eigenvalue weighted by atomic mass is 16.6. The van der Waals surface area contributed by atoms with Crippen LogP contribution in [0.15, 0.2) is 24.3 Å². The standard InChI is InChI=1S/C21H32N2O4/c1-13(2)9-10-22-17-11-25-20-18(12-26-19(17)20)27-21(24)23-16-7-5-15(6-8-16)14(3)4/h5-8,13-14,17-20,22H,9-12H2,1-4H3,(H,23,24)/t17-,18-,19-,20+/m1/s1. The first-order valence-electron chi connectivity index (χ1n) is 9.98. The summed E-state index contributed by atoms with van der Waals surface area (Å²) in [5.74, 6) is 1.12. The van der Waals surface area contributed by atoms with Crippen LogP contribution in [0.4, 0.5) is 10.5 Å². The molecule has 1 aromatic carbocycles. The van der Waals surface area contributed by atoms with Gasteiger partial charge in [0, 0.05) is 5.69 Å². The number of anilines is 1. The van der Waals surface area contributed by atoms with E-state index in [0.717, 1.165) is 18.7 Å². The number of nitrogens with one attached hydrogen (secondary N) is 2. The van der Waals surface area contributed by atoms with Crippen LogP contribution in [0.3, 0.4) is 0 Å². The molecule has 2 aliphatic rings. The molecule has 6 nitrogen and oxygen atoms in total. The van der Waals surface area contributed by atoms with E-state index in [9.17, 15) is 4.79 Å². The van der Waals surface area contributed by atoms with Crippen molar-refractivity contribution >= 4 is 11.8 Å². The molecule has 2 N–H and O–H groups in total. The molecule has 2 fully saturated rings. The van der Waals surface area contributed by atoms with Crippen LogP contribution in [0.2, 0.25) is 0 Å². The molecule has 0 aliphatic carbocycles. The molecule has 2 aliphatic heterocycles. The van der Waals surface area contributed by atoms with Crippen molar-refractivity contribution in [1.29, 1.82) is 0 Å². The Morgan fingerprint density at radius 2 is 1.81 bits per heavy atom. The maximum absolute atomic E-state index is 12.2. The third kappa shape index (κ3) is 5.21. The number of rotatable bonds is 7. The number of hydrogen-bond acceptors (Lipinski definition) is 5. The van der Waals surface area contributed by atoms with E-state index in [4.69, 9.17) is 14.2 Å². The molecular weight excluding hydrogens is 344 g/mol. The third-order valence-electron chi connectivity index (χ3n) is 5.22. The summed E-state index contributed by atoms with van der Waals surface area (Å²) in [5.41, 5.74) is 1.96. The Kier molecular flexibility index (Phi) is 6.73. The van der Waals surface area contributed by atoms with Crippen LogP contribution < -0.4 is 10.6 Å². The molecule has 2 heterocycles. The fourth-order valence-corrected chi connectivity index (χ4v) is 3.53. The van der Waals surface area contributed by atoms with Gasteiger partial charge in [0.1, 0.15) is 12.2 Å². The number of amides is 1. The van der Waals surface area contributed by atoms with E-state index in [1.165, 1.54) is 5.56 Å². The maximum Gasteiger partial charge on any atom is 0.412 e. The van der Waals surface area contributed by atoms with Gasteiger partial charge in [-0.05, 0) is 42.5 Å². The zero-order valence-corrected chi connectivity index (χ0v) is 16.7. The number of carbonyl (C=O) groups is 1. The molecular formula is C21H32N2O4. The van der Waals surface area contributed by atoms with Crippen LogP contribution in [-0.2, 0) is 14.2 Å². The molecule has 6 heteroatoms. The molecule has 4 atom stereocenters. The lowest BCUT2D eigenvalue weighted by atomic mass is 10.0. The van der Waals surface area contributed by atoms with Crippen molar-refractivity contribution < 1.29 is 19.0 Å². The second-order valence-corrected chi connectivity index (χ2v) is 8.18. The molecule has 27 heavy (non-hydrogen) atoms. The number of benzene rings is 1. The molecule has 0 spiro atoms. The highest BCUT2D eigenvalue weighted by Crippen LogP contribution is 2.29. The van der Waals surface area contributed by atoms with Gasteiger partial charge in [-0.3, -0.25) is 5.32 Å². The highest BCUT2D eigenvalue weighted by molar-refractivity contribution is 5.84. The van der Waals surface area contributed by atoms with E-state index in [2.05, 4.69) is 38.3 Å². The van der Waals surface area contributed by atoms with Crippen molar-refractivity contribution in [3.8, 4) is 0 Å². The van der Waals surface area contributed by atoms with Crippen LogP contribution in [-0.4, -0.2) is 50.2 Å². The van der Waals surface area contributed by atoms with Gasteiger partial charge in [0.15, 0.2) is 6.10 Å². The van der Waals surface area contributed by atoms with Crippen molar-refractivity contribution in [2.24, 2.45) is 5.92 Å². The smallest absolute Gasteiger partial charge is 0.412 e. The van der Waals surface area contributed by atoms with Gasteiger partial charge in [0.05, 0.1) is 19.3 Å². The van der Waals surface area contributed by atoms with Gasteiger partial charge in [-0.1, -0.05) is 39.8 Å². The molecule has 150 valence electrons. The van der Waals surface area contributed by atoms with E-state index >= 15 is 0 Å². The second kappa shape index (κ2) is 9.04. The number of fused-ring (bicyclic) bond motifs is 1. The quantitative estimate of drug-likeness (QED) is 0.762. The average Bonchev–Trinajstić information content (AvgIpc) is 3.19. The van der Waals surface area contributed by atoms with E-state index in [0.29, 0.717) is 25.0 Å². The predicted molar refractivity (Wildman–Crippen MR) is 105 cm³/mol. The minimum absolute atomic E-state index is 0.0553. The Balaban J connectivity index is 1.47. The molecule has 3 rings (SSSR count). The minimum atomic E-state index is -0.471. The first-order valence-corrected chi connectivity index (χ1v) is 9.98. The van der Waals surface area contributed by atoms with Crippen molar-refractivity contribution in [2.75, 3.05) is 25.1 Å². The molecule has 0 radical (unpaired) electrons. The number of hydrogen-bond donors (Lipinski definition) is 2. The van der Waals surface area contributed by atoms with Crippen LogP contribution in [0.25, 0.3) is 0 Å². The van der Waals surface area contributed by atoms with Gasteiger partial charge in [-0.15, -0.1) is 0 Å². The van der Waals surface area contributed by atoms with Crippen molar-refractivity contribution in [1.82, 2.24) is 5.32 Å². The van der Waals surface area contributed by atoms with Gasteiger partial charge in [0.25, 0.3) is 0 Å². The Labute approximate surface area is 161 Å². The Morgan fingerprint density at radius 1 is 1.11 bits per heavy atom. The Bertz CT molecular complexity index is 617. The molecule has 1 amide bonds. The number of ether oxygens (including phenoxy) is 3. The lowest BCUT2D eigenvalue weighted by molar-refractivity contribution is 0.00856. The Morgan fingerprint density at radius 3 is 2.48 bits per heavy atom.